The number of rotatable bonds is 4. The van der Waals surface area contributed by atoms with Crippen LogP contribution >= 0.6 is 0 Å². The normalized spacial score (nSPS) is 19.0. The Morgan fingerprint density at radius 2 is 1.95 bits per heavy atom. The second kappa shape index (κ2) is 7.13. The Morgan fingerprint density at radius 1 is 1.27 bits per heavy atom. The zero-order valence-electron chi connectivity index (χ0n) is 13.2. The Morgan fingerprint density at radius 3 is 2.55 bits per heavy atom. The number of hydrogen-bond donors (Lipinski definition) is 1. The van der Waals surface area contributed by atoms with Gasteiger partial charge < -0.3 is 10.2 Å². The fraction of sp³-hybridized carbons (Fsp3) is 0.562. The molecule has 2 rings (SSSR count). The van der Waals surface area contributed by atoms with Crippen LogP contribution in [-0.2, 0) is 16.3 Å². The highest BCUT2D eigenvalue weighted by Crippen LogP contribution is 2.16. The average molecular weight is 324 g/mol. The van der Waals surface area contributed by atoms with Gasteiger partial charge in [-0.2, -0.15) is 0 Å². The van der Waals surface area contributed by atoms with Crippen molar-refractivity contribution in [2.24, 2.45) is 0 Å². The number of likely N-dealkylation sites (tertiary alicyclic amines) is 1. The summed E-state index contributed by atoms with van der Waals surface area (Å²) in [5.74, 6) is 0. The molecule has 1 aliphatic heterocycles. The zero-order valence-corrected chi connectivity index (χ0v) is 14.0. The summed E-state index contributed by atoms with van der Waals surface area (Å²) in [5, 5.41) is 2.94. The smallest absolute Gasteiger partial charge is 0.317 e. The molecule has 1 aliphatic rings. The van der Waals surface area contributed by atoms with Gasteiger partial charge in [0.05, 0.1) is 4.90 Å². The Labute approximate surface area is 132 Å². The highest BCUT2D eigenvalue weighted by atomic mass is 32.2. The molecule has 0 spiro atoms. The molecular formula is C16H24N2O3S. The molecule has 0 radical (unpaired) electrons. The van der Waals surface area contributed by atoms with Gasteiger partial charge in [0.2, 0.25) is 0 Å². The van der Waals surface area contributed by atoms with Crippen molar-refractivity contribution in [2.75, 3.05) is 19.3 Å². The van der Waals surface area contributed by atoms with Gasteiger partial charge in [-0.25, -0.2) is 13.2 Å². The largest absolute Gasteiger partial charge is 0.338 e. The minimum absolute atomic E-state index is 0.0000406. The van der Waals surface area contributed by atoms with Crippen LogP contribution in [0.25, 0.3) is 0 Å². The number of urea groups is 1. The Hall–Kier alpha value is -1.56. The highest BCUT2D eigenvalue weighted by Gasteiger charge is 2.22. The molecule has 122 valence electrons. The first-order valence-corrected chi connectivity index (χ1v) is 9.60. The van der Waals surface area contributed by atoms with Crippen molar-refractivity contribution >= 4 is 15.9 Å². The van der Waals surface area contributed by atoms with Crippen LogP contribution < -0.4 is 5.32 Å². The molecule has 1 N–H and O–H groups in total. The van der Waals surface area contributed by atoms with Crippen LogP contribution in [0.3, 0.4) is 0 Å². The fourth-order valence-electron chi connectivity index (χ4n) is 2.72. The third-order valence-corrected chi connectivity index (χ3v) is 5.23. The lowest BCUT2D eigenvalue weighted by Crippen LogP contribution is -2.47. The van der Waals surface area contributed by atoms with Gasteiger partial charge in [0.1, 0.15) is 0 Å². The predicted molar refractivity (Wildman–Crippen MR) is 86.7 cm³/mol. The molecule has 1 atom stereocenters. The molecule has 22 heavy (non-hydrogen) atoms. The van der Waals surface area contributed by atoms with Crippen LogP contribution in [-0.4, -0.2) is 44.7 Å². The predicted octanol–water partition coefficient (Wildman–Crippen LogP) is 2.22. The SMILES string of the molecule is C[C@@H]1CCCCN1C(=O)NCCc1ccc(S(C)(=O)=O)cc1. The van der Waals surface area contributed by atoms with E-state index in [4.69, 9.17) is 0 Å². The van der Waals surface area contributed by atoms with Crippen molar-refractivity contribution in [1.29, 1.82) is 0 Å². The van der Waals surface area contributed by atoms with Crippen molar-refractivity contribution in [2.45, 2.75) is 43.5 Å². The van der Waals surface area contributed by atoms with Crippen molar-refractivity contribution in [3.05, 3.63) is 29.8 Å². The summed E-state index contributed by atoms with van der Waals surface area (Å²) >= 11 is 0. The molecule has 6 heteroatoms. The molecule has 0 unspecified atom stereocenters. The summed E-state index contributed by atoms with van der Waals surface area (Å²) in [4.78, 5) is 14.3. The quantitative estimate of drug-likeness (QED) is 0.923. The molecular weight excluding hydrogens is 300 g/mol. The number of nitrogens with zero attached hydrogens (tertiary/aromatic N) is 1. The number of sulfone groups is 1. The van der Waals surface area contributed by atoms with E-state index in [1.165, 1.54) is 12.7 Å². The summed E-state index contributed by atoms with van der Waals surface area (Å²) in [6.07, 6.45) is 5.22. The number of carbonyl (C=O) groups is 1. The molecule has 0 bridgehead atoms. The molecule has 0 saturated carbocycles. The van der Waals surface area contributed by atoms with Crippen LogP contribution in [0.15, 0.2) is 29.2 Å². The van der Waals surface area contributed by atoms with E-state index in [0.29, 0.717) is 23.9 Å². The topological polar surface area (TPSA) is 66.5 Å². The average Bonchev–Trinajstić information content (AvgIpc) is 2.47. The molecule has 1 heterocycles. The number of amides is 2. The minimum Gasteiger partial charge on any atom is -0.338 e. The summed E-state index contributed by atoms with van der Waals surface area (Å²) in [7, 11) is -3.15. The van der Waals surface area contributed by atoms with E-state index >= 15 is 0 Å². The van der Waals surface area contributed by atoms with Gasteiger partial charge >= 0.3 is 6.03 Å². The number of nitrogens with one attached hydrogen (secondary N) is 1. The lowest BCUT2D eigenvalue weighted by molar-refractivity contribution is 0.158. The van der Waals surface area contributed by atoms with E-state index in [-0.39, 0.29) is 6.03 Å². The van der Waals surface area contributed by atoms with Gasteiger partial charge in [-0.15, -0.1) is 0 Å². The van der Waals surface area contributed by atoms with Crippen molar-refractivity contribution in [3.63, 3.8) is 0 Å². The van der Waals surface area contributed by atoms with E-state index in [1.807, 2.05) is 4.90 Å². The molecule has 1 aromatic carbocycles. The summed E-state index contributed by atoms with van der Waals surface area (Å²) in [6, 6.07) is 7.12. The number of benzene rings is 1. The van der Waals surface area contributed by atoms with Gasteiger partial charge in [-0.05, 0) is 50.3 Å². The third kappa shape index (κ3) is 4.47. The van der Waals surface area contributed by atoms with Crippen molar-refractivity contribution in [1.82, 2.24) is 10.2 Å². The maximum absolute atomic E-state index is 12.1. The monoisotopic (exact) mass is 324 g/mol. The van der Waals surface area contributed by atoms with Crippen LogP contribution in [0.5, 0.6) is 0 Å². The standard InChI is InChI=1S/C16H24N2O3S/c1-13-5-3-4-12-18(13)16(19)17-11-10-14-6-8-15(9-7-14)22(2,20)21/h6-9,13H,3-5,10-12H2,1-2H3,(H,17,19)/t13-/m1/s1. The van der Waals surface area contributed by atoms with E-state index in [0.717, 1.165) is 24.9 Å². The van der Waals surface area contributed by atoms with Gasteiger partial charge in [-0.3, -0.25) is 0 Å². The highest BCUT2D eigenvalue weighted by molar-refractivity contribution is 7.90. The van der Waals surface area contributed by atoms with Crippen molar-refractivity contribution in [3.8, 4) is 0 Å². The van der Waals surface area contributed by atoms with Crippen LogP contribution in [0.4, 0.5) is 4.79 Å². The van der Waals surface area contributed by atoms with Crippen LogP contribution in [0.1, 0.15) is 31.7 Å². The zero-order chi connectivity index (χ0) is 16.2. The van der Waals surface area contributed by atoms with E-state index < -0.39 is 9.84 Å². The molecule has 1 aromatic rings. The van der Waals surface area contributed by atoms with Gasteiger partial charge in [0.25, 0.3) is 0 Å². The molecule has 2 amide bonds. The number of carbonyl (C=O) groups excluding carboxylic acids is 1. The number of piperidine rings is 1. The fourth-order valence-corrected chi connectivity index (χ4v) is 3.35. The second-order valence-electron chi connectivity index (χ2n) is 5.94. The Balaban J connectivity index is 1.82. The van der Waals surface area contributed by atoms with E-state index in [9.17, 15) is 13.2 Å². The first-order chi connectivity index (χ1) is 10.4. The summed E-state index contributed by atoms with van der Waals surface area (Å²) < 4.78 is 22.8. The Kier molecular flexibility index (Phi) is 5.45. The van der Waals surface area contributed by atoms with Crippen LogP contribution in [0.2, 0.25) is 0 Å². The molecule has 5 nitrogen and oxygen atoms in total. The lowest BCUT2D eigenvalue weighted by Gasteiger charge is -2.33. The van der Waals surface area contributed by atoms with Gasteiger partial charge in [0, 0.05) is 25.4 Å². The minimum atomic E-state index is -3.15. The molecule has 1 saturated heterocycles. The summed E-state index contributed by atoms with van der Waals surface area (Å²) in [5.41, 5.74) is 1.01. The van der Waals surface area contributed by atoms with E-state index in [1.54, 1.807) is 24.3 Å². The first-order valence-electron chi connectivity index (χ1n) is 7.71. The third-order valence-electron chi connectivity index (χ3n) is 4.11. The first kappa shape index (κ1) is 16.8. The van der Waals surface area contributed by atoms with Crippen LogP contribution in [0, 0.1) is 0 Å². The van der Waals surface area contributed by atoms with Gasteiger partial charge in [0.15, 0.2) is 9.84 Å². The number of hydrogen-bond acceptors (Lipinski definition) is 3. The van der Waals surface area contributed by atoms with Gasteiger partial charge in [-0.1, -0.05) is 12.1 Å². The maximum atomic E-state index is 12.1. The second-order valence-corrected chi connectivity index (χ2v) is 7.95. The molecule has 1 fully saturated rings. The maximum Gasteiger partial charge on any atom is 0.317 e. The molecule has 0 aromatic heterocycles. The lowest BCUT2D eigenvalue weighted by atomic mass is 10.0. The van der Waals surface area contributed by atoms with E-state index in [2.05, 4.69) is 12.2 Å². The summed E-state index contributed by atoms with van der Waals surface area (Å²) in [6.45, 7) is 3.47. The Bertz CT molecular complexity index is 611. The van der Waals surface area contributed by atoms with Crippen molar-refractivity contribution < 1.29 is 13.2 Å². The molecule has 0 aliphatic carbocycles.